The van der Waals surface area contributed by atoms with Gasteiger partial charge < -0.3 is 15.5 Å². The molecule has 0 atom stereocenters. The Kier molecular flexibility index (Phi) is 7.73. The molecule has 3 rings (SSSR count). The van der Waals surface area contributed by atoms with E-state index in [1.54, 1.807) is 7.05 Å². The van der Waals surface area contributed by atoms with Crippen molar-refractivity contribution in [1.29, 1.82) is 0 Å². The molecule has 0 aliphatic heterocycles. The molecule has 1 aliphatic rings. The first kappa shape index (κ1) is 21.8. The van der Waals surface area contributed by atoms with Gasteiger partial charge in [0.05, 0.1) is 0 Å². The molecule has 0 spiro atoms. The first-order valence-electron chi connectivity index (χ1n) is 8.85. The highest BCUT2D eigenvalue weighted by atomic mass is 127. The average molecular weight is 500 g/mol. The van der Waals surface area contributed by atoms with Crippen molar-refractivity contribution in [2.75, 3.05) is 32.6 Å². The van der Waals surface area contributed by atoms with Crippen LogP contribution in [-0.4, -0.2) is 38.6 Å². The van der Waals surface area contributed by atoms with Gasteiger partial charge in [-0.15, -0.1) is 24.0 Å². The number of nitrogens with zero attached hydrogens (tertiary/aromatic N) is 3. The van der Waals surface area contributed by atoms with Crippen LogP contribution in [0.15, 0.2) is 47.6 Å². The first-order valence-corrected chi connectivity index (χ1v) is 9.23. The monoisotopic (exact) mass is 499 g/mol. The molecule has 1 heterocycles. The van der Waals surface area contributed by atoms with Crippen molar-refractivity contribution in [2.24, 2.45) is 4.99 Å². The molecular weight excluding hydrogens is 473 g/mol. The minimum atomic E-state index is 0. The fraction of sp³-hybridized carbons (Fsp3) is 0.400. The number of pyridine rings is 1. The average Bonchev–Trinajstić information content (AvgIpc) is 3.43. The number of nitrogens with one attached hydrogen (secondary N) is 2. The molecular formula is C20H27ClIN5. The molecule has 1 aromatic carbocycles. The smallest absolute Gasteiger partial charge is 0.191 e. The third kappa shape index (κ3) is 5.72. The third-order valence-electron chi connectivity index (χ3n) is 4.84. The molecule has 146 valence electrons. The largest absolute Gasteiger partial charge is 0.363 e. The summed E-state index contributed by atoms with van der Waals surface area (Å²) in [7, 11) is 5.78. The van der Waals surface area contributed by atoms with Crippen LogP contribution in [0.1, 0.15) is 24.0 Å². The summed E-state index contributed by atoms with van der Waals surface area (Å²) in [6.07, 6.45) is 4.18. The zero-order valence-corrected chi connectivity index (χ0v) is 19.1. The first-order chi connectivity index (χ1) is 12.5. The van der Waals surface area contributed by atoms with E-state index in [-0.39, 0.29) is 29.4 Å². The van der Waals surface area contributed by atoms with Crippen LogP contribution in [0, 0.1) is 0 Å². The van der Waals surface area contributed by atoms with Crippen LogP contribution >= 0.6 is 35.6 Å². The van der Waals surface area contributed by atoms with Crippen LogP contribution in [0.5, 0.6) is 0 Å². The Bertz CT molecular complexity index is 789. The Morgan fingerprint density at radius 1 is 1.22 bits per heavy atom. The minimum absolute atomic E-state index is 0. The molecule has 0 amide bonds. The van der Waals surface area contributed by atoms with Gasteiger partial charge in [-0.25, -0.2) is 4.98 Å². The molecule has 1 aliphatic carbocycles. The second kappa shape index (κ2) is 9.59. The van der Waals surface area contributed by atoms with Crippen molar-refractivity contribution in [3.63, 3.8) is 0 Å². The molecule has 2 aromatic rings. The lowest BCUT2D eigenvalue weighted by molar-refractivity contribution is 0.645. The second-order valence-corrected chi connectivity index (χ2v) is 7.42. The molecule has 0 radical (unpaired) electrons. The third-order valence-corrected chi connectivity index (χ3v) is 5.07. The summed E-state index contributed by atoms with van der Waals surface area (Å²) in [5.41, 5.74) is 2.65. The van der Waals surface area contributed by atoms with Gasteiger partial charge in [0.25, 0.3) is 0 Å². The number of guanidine groups is 1. The van der Waals surface area contributed by atoms with Crippen molar-refractivity contribution in [3.05, 3.63) is 58.7 Å². The van der Waals surface area contributed by atoms with Crippen molar-refractivity contribution >= 4 is 47.4 Å². The highest BCUT2D eigenvalue weighted by molar-refractivity contribution is 14.0. The number of halogens is 2. The Morgan fingerprint density at radius 3 is 2.63 bits per heavy atom. The van der Waals surface area contributed by atoms with E-state index in [2.05, 4.69) is 38.8 Å². The molecule has 0 unspecified atom stereocenters. The van der Waals surface area contributed by atoms with E-state index < -0.39 is 0 Å². The fourth-order valence-electron chi connectivity index (χ4n) is 3.01. The fourth-order valence-corrected chi connectivity index (χ4v) is 3.20. The van der Waals surface area contributed by atoms with Crippen LogP contribution in [0.3, 0.4) is 0 Å². The number of aliphatic imine (C=N–C) groups is 1. The van der Waals surface area contributed by atoms with Gasteiger partial charge in [0.2, 0.25) is 0 Å². The van der Waals surface area contributed by atoms with E-state index >= 15 is 0 Å². The summed E-state index contributed by atoms with van der Waals surface area (Å²) >= 11 is 6.16. The highest BCUT2D eigenvalue weighted by Gasteiger charge is 2.44. The summed E-state index contributed by atoms with van der Waals surface area (Å²) < 4.78 is 0. The quantitative estimate of drug-likeness (QED) is 0.360. The van der Waals surface area contributed by atoms with Gasteiger partial charge in [-0.3, -0.25) is 4.99 Å². The molecule has 0 saturated heterocycles. The number of anilines is 1. The van der Waals surface area contributed by atoms with E-state index in [9.17, 15) is 0 Å². The predicted octanol–water partition coefficient (Wildman–Crippen LogP) is 3.82. The van der Waals surface area contributed by atoms with Crippen LogP contribution in [0.2, 0.25) is 5.02 Å². The topological polar surface area (TPSA) is 52.6 Å². The summed E-state index contributed by atoms with van der Waals surface area (Å²) in [6, 6.07) is 12.3. The molecule has 1 aromatic heterocycles. The zero-order valence-electron chi connectivity index (χ0n) is 16.0. The van der Waals surface area contributed by atoms with Gasteiger partial charge in [-0.05, 0) is 48.2 Å². The van der Waals surface area contributed by atoms with E-state index in [1.807, 2.05) is 43.4 Å². The van der Waals surface area contributed by atoms with Gasteiger partial charge in [-0.2, -0.15) is 0 Å². The van der Waals surface area contributed by atoms with Crippen LogP contribution in [0.4, 0.5) is 5.82 Å². The normalized spacial score (nSPS) is 14.9. The zero-order chi connectivity index (χ0) is 18.6. The maximum Gasteiger partial charge on any atom is 0.191 e. The van der Waals surface area contributed by atoms with Crippen LogP contribution in [-0.2, 0) is 12.0 Å². The number of hydrogen-bond donors (Lipinski definition) is 2. The van der Waals surface area contributed by atoms with Gasteiger partial charge in [0.1, 0.15) is 5.82 Å². The van der Waals surface area contributed by atoms with Crippen molar-refractivity contribution in [1.82, 2.24) is 15.6 Å². The van der Waals surface area contributed by atoms with Crippen LogP contribution < -0.4 is 15.5 Å². The second-order valence-electron chi connectivity index (χ2n) is 6.99. The molecule has 1 fully saturated rings. The van der Waals surface area contributed by atoms with Crippen molar-refractivity contribution < 1.29 is 0 Å². The van der Waals surface area contributed by atoms with Crippen molar-refractivity contribution in [3.8, 4) is 0 Å². The summed E-state index contributed by atoms with van der Waals surface area (Å²) in [5, 5.41) is 7.65. The summed E-state index contributed by atoms with van der Waals surface area (Å²) in [4.78, 5) is 10.7. The lowest BCUT2D eigenvalue weighted by Gasteiger charge is -2.19. The number of aromatic nitrogens is 1. The van der Waals surface area contributed by atoms with E-state index in [1.165, 1.54) is 24.0 Å². The molecule has 7 heteroatoms. The Hall–Kier alpha value is -1.54. The number of hydrogen-bond acceptors (Lipinski definition) is 3. The Morgan fingerprint density at radius 2 is 2.00 bits per heavy atom. The number of rotatable bonds is 6. The van der Waals surface area contributed by atoms with Crippen molar-refractivity contribution in [2.45, 2.75) is 24.8 Å². The maximum atomic E-state index is 6.16. The van der Waals surface area contributed by atoms with Gasteiger partial charge in [0, 0.05) is 50.9 Å². The molecule has 1 saturated carbocycles. The summed E-state index contributed by atoms with van der Waals surface area (Å²) in [6.45, 7) is 1.56. The predicted molar refractivity (Wildman–Crippen MR) is 125 cm³/mol. The van der Waals surface area contributed by atoms with E-state index in [0.29, 0.717) is 6.54 Å². The lowest BCUT2D eigenvalue weighted by Crippen LogP contribution is -2.40. The standard InChI is InChI=1S/C20H26ClN5.HI/c1-22-19(24-13-15-7-10-23-18(11-15)26(2)3)25-14-20(8-9-20)16-5-4-6-17(21)12-16;/h4-7,10-12H,8-9,13-14H2,1-3H3,(H2,22,24,25);1H. The maximum absolute atomic E-state index is 6.16. The molecule has 2 N–H and O–H groups in total. The summed E-state index contributed by atoms with van der Waals surface area (Å²) in [5.74, 6) is 1.76. The lowest BCUT2D eigenvalue weighted by atomic mass is 9.96. The molecule has 5 nitrogen and oxygen atoms in total. The van der Waals surface area contributed by atoms with Gasteiger partial charge in [-0.1, -0.05) is 23.7 Å². The minimum Gasteiger partial charge on any atom is -0.363 e. The van der Waals surface area contributed by atoms with E-state index in [4.69, 9.17) is 11.6 Å². The molecule has 0 bridgehead atoms. The number of benzene rings is 1. The van der Waals surface area contributed by atoms with Gasteiger partial charge in [0.15, 0.2) is 5.96 Å². The SMILES string of the molecule is CN=C(NCc1ccnc(N(C)C)c1)NCC1(c2cccc(Cl)c2)CC1.I. The Balaban J connectivity index is 0.00000261. The van der Waals surface area contributed by atoms with Gasteiger partial charge >= 0.3 is 0 Å². The molecule has 27 heavy (non-hydrogen) atoms. The van der Waals surface area contributed by atoms with E-state index in [0.717, 1.165) is 23.3 Å². The Labute approximate surface area is 183 Å². The van der Waals surface area contributed by atoms with Crippen LogP contribution in [0.25, 0.3) is 0 Å². The highest BCUT2D eigenvalue weighted by Crippen LogP contribution is 2.48.